The van der Waals surface area contributed by atoms with Gasteiger partial charge in [0.1, 0.15) is 6.10 Å². The molecule has 0 radical (unpaired) electrons. The molecule has 0 aromatic heterocycles. The van der Waals surface area contributed by atoms with E-state index in [0.717, 1.165) is 7.11 Å². The van der Waals surface area contributed by atoms with Gasteiger partial charge in [0.05, 0.1) is 7.11 Å². The molecule has 12 heavy (non-hydrogen) atoms. The van der Waals surface area contributed by atoms with E-state index in [0.29, 0.717) is 0 Å². The van der Waals surface area contributed by atoms with Gasteiger partial charge in [-0.25, -0.2) is 13.2 Å². The van der Waals surface area contributed by atoms with Gasteiger partial charge in [0, 0.05) is 0 Å². The summed E-state index contributed by atoms with van der Waals surface area (Å²) < 4.78 is 34.2. The number of ether oxygens (including phenoxy) is 1. The van der Waals surface area contributed by atoms with E-state index in [2.05, 4.69) is 13.1 Å². The predicted molar refractivity (Wildman–Crippen MR) is 36.4 cm³/mol. The number of hydrogen-bond acceptors (Lipinski definition) is 6. The van der Waals surface area contributed by atoms with Crippen LogP contribution in [-0.2, 0) is 28.3 Å². The van der Waals surface area contributed by atoms with Gasteiger partial charge in [-0.15, -0.1) is 0 Å². The molecule has 0 aromatic carbocycles. The molecule has 0 aliphatic carbocycles. The van der Waals surface area contributed by atoms with E-state index >= 15 is 0 Å². The zero-order chi connectivity index (χ0) is 9.35. The van der Waals surface area contributed by atoms with Crippen LogP contribution in [-0.4, -0.2) is 33.7 Å². The lowest BCUT2D eigenvalue weighted by Crippen LogP contribution is -2.30. The van der Waals surface area contributed by atoms with E-state index in [4.69, 9.17) is 0 Å². The molecule has 70 valence electrons. The molecule has 1 fully saturated rings. The highest BCUT2D eigenvalue weighted by molar-refractivity contribution is 7.82. The van der Waals surface area contributed by atoms with E-state index in [1.165, 1.54) is 6.92 Å². The maximum atomic E-state index is 10.8. The average molecular weight is 196 g/mol. The van der Waals surface area contributed by atoms with Crippen molar-refractivity contribution in [2.75, 3.05) is 7.11 Å². The van der Waals surface area contributed by atoms with Gasteiger partial charge < -0.3 is 4.74 Å². The zero-order valence-corrected chi connectivity index (χ0v) is 7.33. The normalized spacial score (nSPS) is 33.2. The molecule has 1 aliphatic rings. The Morgan fingerprint density at radius 1 is 1.42 bits per heavy atom. The molecule has 0 bridgehead atoms. The molecule has 2 unspecified atom stereocenters. The molecule has 0 amide bonds. The van der Waals surface area contributed by atoms with Gasteiger partial charge in [-0.1, -0.05) is 0 Å². The standard InChI is InChI=1S/C5H8O6S/c1-3-4(5(6)9-2)11-12(7,8)10-3/h3-4H,1-2H3. The molecule has 1 aliphatic heterocycles. The number of esters is 1. The van der Waals surface area contributed by atoms with Crippen molar-refractivity contribution in [3.05, 3.63) is 0 Å². The van der Waals surface area contributed by atoms with Crippen LogP contribution in [0.5, 0.6) is 0 Å². The molecule has 2 atom stereocenters. The Balaban J connectivity index is 2.77. The second-order valence-electron chi connectivity index (χ2n) is 2.25. The molecule has 0 aromatic rings. The highest BCUT2D eigenvalue weighted by Gasteiger charge is 2.42. The highest BCUT2D eigenvalue weighted by atomic mass is 32.3. The van der Waals surface area contributed by atoms with Gasteiger partial charge in [0.25, 0.3) is 0 Å². The predicted octanol–water partition coefficient (Wildman–Crippen LogP) is -0.792. The number of hydrogen-bond donors (Lipinski definition) is 0. The molecule has 1 saturated heterocycles. The van der Waals surface area contributed by atoms with Crippen molar-refractivity contribution in [1.82, 2.24) is 0 Å². The Bertz CT molecular complexity index is 280. The fraction of sp³-hybridized carbons (Fsp3) is 0.800. The van der Waals surface area contributed by atoms with E-state index in [9.17, 15) is 13.2 Å². The maximum Gasteiger partial charge on any atom is 0.401 e. The molecule has 1 rings (SSSR count). The summed E-state index contributed by atoms with van der Waals surface area (Å²) in [5.41, 5.74) is 0. The summed E-state index contributed by atoms with van der Waals surface area (Å²) in [7, 11) is -2.86. The van der Waals surface area contributed by atoms with Crippen LogP contribution in [0.1, 0.15) is 6.92 Å². The van der Waals surface area contributed by atoms with Gasteiger partial charge in [0.15, 0.2) is 0 Å². The summed E-state index contributed by atoms with van der Waals surface area (Å²) in [6, 6.07) is 0. The van der Waals surface area contributed by atoms with Gasteiger partial charge in [-0.2, -0.15) is 8.42 Å². The lowest BCUT2D eigenvalue weighted by atomic mass is 10.2. The monoisotopic (exact) mass is 196 g/mol. The molecule has 0 N–H and O–H groups in total. The highest BCUT2D eigenvalue weighted by Crippen LogP contribution is 2.20. The summed E-state index contributed by atoms with van der Waals surface area (Å²) in [5.74, 6) is -0.761. The third kappa shape index (κ3) is 1.74. The fourth-order valence-corrected chi connectivity index (χ4v) is 1.82. The average Bonchev–Trinajstić information content (AvgIpc) is 2.23. The number of carbonyl (C=O) groups is 1. The first kappa shape index (κ1) is 9.43. The van der Waals surface area contributed by atoms with Crippen molar-refractivity contribution in [2.24, 2.45) is 0 Å². The molecule has 0 spiro atoms. The lowest BCUT2D eigenvalue weighted by molar-refractivity contribution is -0.149. The van der Waals surface area contributed by atoms with Crippen molar-refractivity contribution in [3.63, 3.8) is 0 Å². The van der Waals surface area contributed by atoms with Gasteiger partial charge >= 0.3 is 16.4 Å². The number of methoxy groups -OCH3 is 1. The van der Waals surface area contributed by atoms with E-state index < -0.39 is 28.6 Å². The Labute approximate surface area is 69.7 Å². The molecular formula is C5H8O6S. The molecule has 7 heteroatoms. The van der Waals surface area contributed by atoms with E-state index in [1.807, 2.05) is 0 Å². The first-order valence-corrected chi connectivity index (χ1v) is 4.49. The van der Waals surface area contributed by atoms with Crippen LogP contribution in [0.15, 0.2) is 0 Å². The van der Waals surface area contributed by atoms with E-state index in [1.54, 1.807) is 0 Å². The minimum Gasteiger partial charge on any atom is -0.467 e. The summed E-state index contributed by atoms with van der Waals surface area (Å²) in [5, 5.41) is 0. The van der Waals surface area contributed by atoms with Crippen LogP contribution < -0.4 is 0 Å². The van der Waals surface area contributed by atoms with E-state index in [-0.39, 0.29) is 0 Å². The zero-order valence-electron chi connectivity index (χ0n) is 6.51. The Morgan fingerprint density at radius 2 is 2.00 bits per heavy atom. The SMILES string of the molecule is COC(=O)C1OS(=O)(=O)OC1C. The lowest BCUT2D eigenvalue weighted by Gasteiger charge is -2.05. The minimum atomic E-state index is -4.00. The Kier molecular flexibility index (Phi) is 2.36. The fourth-order valence-electron chi connectivity index (χ4n) is 0.811. The van der Waals surface area contributed by atoms with Crippen LogP contribution in [0.2, 0.25) is 0 Å². The molecule has 6 nitrogen and oxygen atoms in total. The second kappa shape index (κ2) is 3.00. The van der Waals surface area contributed by atoms with Gasteiger partial charge in [-0.3, -0.25) is 0 Å². The van der Waals surface area contributed by atoms with Crippen molar-refractivity contribution < 1.29 is 26.3 Å². The van der Waals surface area contributed by atoms with Crippen LogP contribution in [0.3, 0.4) is 0 Å². The quantitative estimate of drug-likeness (QED) is 0.511. The summed E-state index contributed by atoms with van der Waals surface area (Å²) in [6.45, 7) is 1.41. The minimum absolute atomic E-state index is 0.761. The summed E-state index contributed by atoms with van der Waals surface area (Å²) in [4.78, 5) is 10.8. The van der Waals surface area contributed by atoms with Crippen LogP contribution in [0, 0.1) is 0 Å². The van der Waals surface area contributed by atoms with Crippen molar-refractivity contribution in [1.29, 1.82) is 0 Å². The Hall–Kier alpha value is -0.660. The smallest absolute Gasteiger partial charge is 0.401 e. The van der Waals surface area contributed by atoms with Gasteiger partial charge in [0.2, 0.25) is 6.10 Å². The third-order valence-corrected chi connectivity index (χ3v) is 2.33. The van der Waals surface area contributed by atoms with Crippen LogP contribution in [0.25, 0.3) is 0 Å². The number of rotatable bonds is 1. The summed E-state index contributed by atoms with van der Waals surface area (Å²) >= 11 is 0. The van der Waals surface area contributed by atoms with Crippen LogP contribution in [0.4, 0.5) is 0 Å². The third-order valence-electron chi connectivity index (χ3n) is 1.35. The summed E-state index contributed by atoms with van der Waals surface area (Å²) in [6.07, 6.45) is -2.01. The topological polar surface area (TPSA) is 78.9 Å². The largest absolute Gasteiger partial charge is 0.467 e. The van der Waals surface area contributed by atoms with Gasteiger partial charge in [-0.05, 0) is 6.92 Å². The number of carbonyl (C=O) groups excluding carboxylic acids is 1. The van der Waals surface area contributed by atoms with Crippen LogP contribution >= 0.6 is 0 Å². The Morgan fingerprint density at radius 3 is 2.33 bits per heavy atom. The first-order valence-electron chi connectivity index (χ1n) is 3.15. The maximum absolute atomic E-state index is 10.8. The molecule has 1 heterocycles. The molecule has 0 saturated carbocycles. The second-order valence-corrected chi connectivity index (χ2v) is 3.45. The first-order chi connectivity index (χ1) is 5.46. The van der Waals surface area contributed by atoms with Crippen molar-refractivity contribution in [2.45, 2.75) is 19.1 Å². The van der Waals surface area contributed by atoms with Crippen molar-refractivity contribution >= 4 is 16.4 Å². The van der Waals surface area contributed by atoms with Crippen molar-refractivity contribution in [3.8, 4) is 0 Å². The molecular weight excluding hydrogens is 188 g/mol.